The molecule has 0 aliphatic carbocycles. The van der Waals surface area contributed by atoms with Crippen molar-refractivity contribution in [2.24, 2.45) is 0 Å². The van der Waals surface area contributed by atoms with Crippen molar-refractivity contribution in [2.75, 3.05) is 66.6 Å². The minimum absolute atomic E-state index is 0. The van der Waals surface area contributed by atoms with E-state index in [1.165, 1.54) is 0 Å². The van der Waals surface area contributed by atoms with Crippen LogP contribution >= 0.6 is 31.4 Å². The third-order valence-electron chi connectivity index (χ3n) is 0. The fourth-order valence-electron chi connectivity index (χ4n) is 0. The lowest BCUT2D eigenvalue weighted by molar-refractivity contribution is -0.311. The molecule has 0 aliphatic rings. The second kappa shape index (κ2) is 21.5. The monoisotopic (exact) mass is 452 g/mol. The van der Waals surface area contributed by atoms with E-state index in [0.717, 1.165) is 0 Å². The lowest BCUT2D eigenvalue weighted by atomic mass is 11.9. The van der Waals surface area contributed by atoms with Crippen LogP contribution in [0.1, 0.15) is 0 Å². The van der Waals surface area contributed by atoms with E-state index in [0.29, 0.717) is 6.66 Å². The molecule has 0 aromatic heterocycles. The quantitative estimate of drug-likeness (QED) is 0.343. The van der Waals surface area contributed by atoms with Crippen molar-refractivity contribution in [3.8, 4) is 0 Å². The normalized spacial score (nSPS) is 9.28. The predicted molar refractivity (Wildman–Crippen MR) is 91.8 cm³/mol. The second-order valence-corrected chi connectivity index (χ2v) is 15.8. The highest BCUT2D eigenvalue weighted by Crippen LogP contribution is 2.15. The van der Waals surface area contributed by atoms with E-state index < -0.39 is 7.60 Å². The first-order valence-electron chi connectivity index (χ1n) is 5.49. The summed E-state index contributed by atoms with van der Waals surface area (Å²) in [6.45, 7) is 21.0. The Hall–Kier alpha value is 2.17. The van der Waals surface area contributed by atoms with Crippen LogP contribution in [-0.2, 0) is 4.57 Å². The van der Waals surface area contributed by atoms with Crippen LogP contribution in [0.2, 0.25) is 0 Å². The van der Waals surface area contributed by atoms with Crippen molar-refractivity contribution < 1.29 is 38.3 Å². The average Bonchev–Trinajstić information content (AvgIpc) is 1.73. The van der Waals surface area contributed by atoms with Gasteiger partial charge in [-0.2, -0.15) is 0 Å². The molecule has 0 saturated heterocycles. The molecule has 0 fully saturated rings. The molecule has 3 nitrogen and oxygen atoms in total. The summed E-state index contributed by atoms with van der Waals surface area (Å²) in [5.74, 6) is 0. The Morgan fingerprint density at radius 2 is 0.667 bits per heavy atom. The van der Waals surface area contributed by atoms with E-state index in [4.69, 9.17) is 14.4 Å². The molecule has 0 unspecified atom stereocenters. The van der Waals surface area contributed by atoms with Crippen LogP contribution in [-0.4, -0.2) is 66.6 Å². The van der Waals surface area contributed by atoms with Gasteiger partial charge in [-0.05, 0) is 30.4 Å². The van der Waals surface area contributed by atoms with Gasteiger partial charge in [0.15, 0.2) is 0 Å². The Morgan fingerprint density at radius 3 is 0.667 bits per heavy atom. The van der Waals surface area contributed by atoms with E-state index in [2.05, 4.69) is 60.0 Å². The van der Waals surface area contributed by atoms with E-state index >= 15 is 0 Å². The van der Waals surface area contributed by atoms with Crippen LogP contribution in [0.5, 0.6) is 0 Å². The summed E-state index contributed by atoms with van der Waals surface area (Å²) in [7, 11) is -3.78. The maximum absolute atomic E-state index is 9.10. The van der Waals surface area contributed by atoms with Crippen LogP contribution in [0.4, 0.5) is 0 Å². The summed E-state index contributed by atoms with van der Waals surface area (Å²) in [5, 5.41) is 0. The van der Waals surface area contributed by atoms with Crippen molar-refractivity contribution in [1.29, 1.82) is 0 Å². The Kier molecular flexibility index (Phi) is 38.4. The van der Waals surface area contributed by atoms with Crippen molar-refractivity contribution in [1.82, 2.24) is 0 Å². The number of rotatable bonds is 0. The summed E-state index contributed by atoms with van der Waals surface area (Å²) < 4.78 is 9.10. The minimum atomic E-state index is -4.14. The molecule has 0 aromatic rings. The maximum atomic E-state index is 9.10. The molecule has 0 amide bonds. The summed E-state index contributed by atoms with van der Waals surface area (Å²) in [6, 6.07) is 0. The van der Waals surface area contributed by atoms with Crippen LogP contribution < -0.4 is 33.8 Å². The van der Waals surface area contributed by atoms with Gasteiger partial charge >= 0.3 is 0 Å². The Labute approximate surface area is 136 Å². The van der Waals surface area contributed by atoms with Gasteiger partial charge in [0.1, 0.15) is 0 Å². The van der Waals surface area contributed by atoms with Crippen molar-refractivity contribution in [3.63, 3.8) is 0 Å². The number of hydrogen-bond acceptors (Lipinski definition) is 3. The molecule has 0 atom stereocenters. The molecule has 0 rings (SSSR count). The average molecular weight is 452 g/mol. The maximum Gasteiger partial charge on any atom is 0.0461 e. The molecule has 8 heteroatoms. The SMILES string of the molecule is CP(=O)([O-])[O-].C[PH+](C)C.C[PH+](C)C.C[PH+](C)C.[I-]. The first-order valence-corrected chi connectivity index (χ1v) is 16.5. The first kappa shape index (κ1) is 32.2. The lowest BCUT2D eigenvalue weighted by Crippen LogP contribution is -3.00. The van der Waals surface area contributed by atoms with Crippen LogP contribution in [0.15, 0.2) is 0 Å². The number of hydrogen-bond donors (Lipinski definition) is 0. The predicted octanol–water partition coefficient (Wildman–Crippen LogP) is -1.20. The third kappa shape index (κ3) is 1140. The zero-order chi connectivity index (χ0) is 15.2. The second-order valence-electron chi connectivity index (χ2n) is 5.27. The summed E-state index contributed by atoms with van der Waals surface area (Å²) in [5.41, 5.74) is 0. The van der Waals surface area contributed by atoms with Gasteiger partial charge in [0.25, 0.3) is 0 Å². The van der Waals surface area contributed by atoms with Crippen LogP contribution in [0, 0.1) is 0 Å². The molecule has 0 bridgehead atoms. The van der Waals surface area contributed by atoms with Crippen LogP contribution in [0.3, 0.4) is 0 Å². The fraction of sp³-hybridized carbons (Fsp3) is 1.00. The fourth-order valence-corrected chi connectivity index (χ4v) is 0. The smallest absolute Gasteiger partial charge is 0.0461 e. The van der Waals surface area contributed by atoms with Gasteiger partial charge in [-0.1, -0.05) is 7.60 Å². The third-order valence-corrected chi connectivity index (χ3v) is 0. The van der Waals surface area contributed by atoms with Gasteiger partial charge in [0.2, 0.25) is 0 Å². The van der Waals surface area contributed by atoms with Crippen molar-refractivity contribution >= 4 is 31.4 Å². The Morgan fingerprint density at radius 1 is 0.667 bits per heavy atom. The molecule has 0 aromatic carbocycles. The topological polar surface area (TPSA) is 63.2 Å². The van der Waals surface area contributed by atoms with Gasteiger partial charge in [-0.3, -0.25) is 0 Å². The molecular weight excluding hydrogens is 419 g/mol. The van der Waals surface area contributed by atoms with Crippen molar-refractivity contribution in [2.45, 2.75) is 0 Å². The molecule has 0 N–H and O–H groups in total. The largest absolute Gasteiger partial charge is 1.00 e. The minimum Gasteiger partial charge on any atom is -1.00 e. The highest BCUT2D eigenvalue weighted by molar-refractivity contribution is 7.55. The highest BCUT2D eigenvalue weighted by atomic mass is 127. The zero-order valence-electron chi connectivity index (χ0n) is 13.5. The summed E-state index contributed by atoms with van der Waals surface area (Å²) >= 11 is 0. The molecule has 0 spiro atoms. The van der Waals surface area contributed by atoms with E-state index in [9.17, 15) is 0 Å². The zero-order valence-corrected chi connectivity index (χ0v) is 19.6. The molecular formula is C10H33IO3P4. The highest BCUT2D eigenvalue weighted by Gasteiger charge is 1.76. The standard InChI is InChI=1S/3C3H9P.CH5O3P.HI/c3*1-4(2)3;1-5(2,3)4;/h3*1-3H3;1H3,(H2,2,3,4);1H. The van der Waals surface area contributed by atoms with Gasteiger partial charge in [0.05, 0.1) is 0 Å². The van der Waals surface area contributed by atoms with Crippen LogP contribution in [0.25, 0.3) is 0 Å². The van der Waals surface area contributed by atoms with Gasteiger partial charge in [0, 0.05) is 60.0 Å². The van der Waals surface area contributed by atoms with E-state index in [1.54, 1.807) is 0 Å². The molecule has 18 heavy (non-hydrogen) atoms. The number of halogens is 1. The van der Waals surface area contributed by atoms with E-state index in [-0.39, 0.29) is 47.7 Å². The van der Waals surface area contributed by atoms with E-state index in [1.807, 2.05) is 0 Å². The molecule has 0 saturated carbocycles. The summed E-state index contributed by atoms with van der Waals surface area (Å²) in [6.07, 6.45) is 0. The molecule has 0 radical (unpaired) electrons. The van der Waals surface area contributed by atoms with Gasteiger partial charge in [-0.25, -0.2) is 0 Å². The Balaban J connectivity index is -0.0000000412. The first-order chi connectivity index (χ1) is 7.20. The van der Waals surface area contributed by atoms with Gasteiger partial charge < -0.3 is 38.3 Å². The Bertz CT molecular complexity index is 142. The lowest BCUT2D eigenvalue weighted by Gasteiger charge is -2.22. The molecule has 0 heterocycles. The molecule has 118 valence electrons. The van der Waals surface area contributed by atoms with Gasteiger partial charge in [-0.15, -0.1) is 0 Å². The molecule has 0 aliphatic heterocycles. The summed E-state index contributed by atoms with van der Waals surface area (Å²) in [4.78, 5) is 18.2. The van der Waals surface area contributed by atoms with Crippen molar-refractivity contribution in [3.05, 3.63) is 0 Å².